The van der Waals surface area contributed by atoms with Gasteiger partial charge < -0.3 is 9.73 Å². The summed E-state index contributed by atoms with van der Waals surface area (Å²) in [5.74, 6) is 1.10. The number of hydrogen-bond donors (Lipinski definition) is 1. The Morgan fingerprint density at radius 1 is 1.40 bits per heavy atom. The molecule has 1 N–H and O–H groups in total. The van der Waals surface area contributed by atoms with Gasteiger partial charge in [0.1, 0.15) is 16.4 Å². The molecule has 0 radical (unpaired) electrons. The van der Waals surface area contributed by atoms with E-state index in [1.165, 1.54) is 4.31 Å². The molecule has 0 atom stereocenters. The molecular formula is C14H26N2O3S. The number of sulfonamides is 1. The highest BCUT2D eigenvalue weighted by Gasteiger charge is 2.25. The van der Waals surface area contributed by atoms with Crippen LogP contribution in [-0.2, 0) is 16.6 Å². The molecule has 1 aromatic heterocycles. The Balaban J connectivity index is 2.89. The Kier molecular flexibility index (Phi) is 6.23. The molecular weight excluding hydrogens is 276 g/mol. The third kappa shape index (κ3) is 4.33. The number of nitrogens with zero attached hydrogens (tertiary/aromatic N) is 1. The molecule has 0 spiro atoms. The molecule has 0 aliphatic carbocycles. The maximum atomic E-state index is 12.5. The number of furan rings is 1. The summed E-state index contributed by atoms with van der Waals surface area (Å²) in [5.41, 5.74) is 0. The predicted octanol–water partition coefficient (Wildman–Crippen LogP) is 2.51. The first-order valence-electron chi connectivity index (χ1n) is 7.08. The molecule has 0 unspecified atom stereocenters. The van der Waals surface area contributed by atoms with Gasteiger partial charge in [-0.3, -0.25) is 0 Å². The monoisotopic (exact) mass is 302 g/mol. The van der Waals surface area contributed by atoms with E-state index in [9.17, 15) is 8.42 Å². The highest BCUT2D eigenvalue weighted by molar-refractivity contribution is 7.89. The van der Waals surface area contributed by atoms with Crippen LogP contribution in [0.5, 0.6) is 0 Å². The van der Waals surface area contributed by atoms with Gasteiger partial charge in [-0.25, -0.2) is 12.7 Å². The molecule has 6 heteroatoms. The molecule has 1 rings (SSSR count). The summed E-state index contributed by atoms with van der Waals surface area (Å²) in [5, 5.41) is 3.22. The van der Waals surface area contributed by atoms with Crippen molar-refractivity contribution in [2.75, 3.05) is 13.6 Å². The second kappa shape index (κ2) is 7.24. The highest BCUT2D eigenvalue weighted by atomic mass is 32.2. The molecule has 0 aliphatic rings. The average molecular weight is 302 g/mol. The van der Waals surface area contributed by atoms with Crippen LogP contribution in [0.25, 0.3) is 0 Å². The summed E-state index contributed by atoms with van der Waals surface area (Å²) in [7, 11) is -1.83. The minimum atomic E-state index is -3.45. The van der Waals surface area contributed by atoms with Gasteiger partial charge in [-0.1, -0.05) is 27.2 Å². The van der Waals surface area contributed by atoms with E-state index in [2.05, 4.69) is 5.32 Å². The summed E-state index contributed by atoms with van der Waals surface area (Å²) in [6.45, 7) is 8.87. The first-order valence-corrected chi connectivity index (χ1v) is 8.52. The van der Waals surface area contributed by atoms with E-state index in [0.717, 1.165) is 12.8 Å². The van der Waals surface area contributed by atoms with Crippen LogP contribution in [0.1, 0.15) is 45.1 Å². The van der Waals surface area contributed by atoms with Crippen LogP contribution in [0.15, 0.2) is 15.4 Å². The molecule has 20 heavy (non-hydrogen) atoms. The van der Waals surface area contributed by atoms with E-state index in [4.69, 9.17) is 4.42 Å². The fourth-order valence-corrected chi connectivity index (χ4v) is 3.23. The zero-order valence-corrected chi connectivity index (χ0v) is 13.9. The van der Waals surface area contributed by atoms with Gasteiger partial charge in [-0.2, -0.15) is 0 Å². The summed E-state index contributed by atoms with van der Waals surface area (Å²) in [4.78, 5) is 0.275. The lowest BCUT2D eigenvalue weighted by molar-refractivity contribution is 0.438. The van der Waals surface area contributed by atoms with E-state index in [0.29, 0.717) is 30.7 Å². The van der Waals surface area contributed by atoms with Crippen molar-refractivity contribution in [2.24, 2.45) is 0 Å². The standard InChI is InChI=1S/C14H26N2O3S/c1-6-7-8-16(5)20(17,18)14-9-13(19-12(14)4)10-15-11(2)3/h9,11,15H,6-8,10H2,1-5H3. The van der Waals surface area contributed by atoms with E-state index in [1.54, 1.807) is 20.0 Å². The zero-order valence-electron chi connectivity index (χ0n) is 13.1. The smallest absolute Gasteiger partial charge is 0.246 e. The molecule has 0 saturated heterocycles. The quantitative estimate of drug-likeness (QED) is 0.801. The van der Waals surface area contributed by atoms with Crippen molar-refractivity contribution >= 4 is 10.0 Å². The summed E-state index contributed by atoms with van der Waals surface area (Å²) in [6, 6.07) is 1.95. The molecule has 0 aromatic carbocycles. The van der Waals surface area contributed by atoms with Crippen LogP contribution < -0.4 is 5.32 Å². The van der Waals surface area contributed by atoms with E-state index >= 15 is 0 Å². The number of rotatable bonds is 8. The minimum Gasteiger partial charge on any atom is -0.464 e. The normalized spacial score (nSPS) is 12.6. The Hall–Kier alpha value is -0.850. The van der Waals surface area contributed by atoms with Gasteiger partial charge in [0.15, 0.2) is 0 Å². The van der Waals surface area contributed by atoms with Crippen molar-refractivity contribution in [3.05, 3.63) is 17.6 Å². The fraction of sp³-hybridized carbons (Fsp3) is 0.714. The van der Waals surface area contributed by atoms with Crippen molar-refractivity contribution < 1.29 is 12.8 Å². The number of hydrogen-bond acceptors (Lipinski definition) is 4. The van der Waals surface area contributed by atoms with Gasteiger partial charge in [0.05, 0.1) is 6.54 Å². The second-order valence-corrected chi connectivity index (χ2v) is 7.36. The first-order chi connectivity index (χ1) is 9.28. The van der Waals surface area contributed by atoms with Crippen LogP contribution in [-0.4, -0.2) is 32.4 Å². The van der Waals surface area contributed by atoms with Gasteiger partial charge >= 0.3 is 0 Å². The molecule has 0 bridgehead atoms. The van der Waals surface area contributed by atoms with E-state index in [1.807, 2.05) is 20.8 Å². The Morgan fingerprint density at radius 3 is 2.60 bits per heavy atom. The lowest BCUT2D eigenvalue weighted by Crippen LogP contribution is -2.28. The molecule has 1 aromatic rings. The second-order valence-electron chi connectivity index (χ2n) is 5.35. The van der Waals surface area contributed by atoms with Crippen LogP contribution in [0.4, 0.5) is 0 Å². The van der Waals surface area contributed by atoms with Crippen LogP contribution in [0.3, 0.4) is 0 Å². The van der Waals surface area contributed by atoms with Crippen LogP contribution in [0, 0.1) is 6.92 Å². The first kappa shape index (κ1) is 17.2. The zero-order chi connectivity index (χ0) is 15.3. The van der Waals surface area contributed by atoms with Gasteiger partial charge in [-0.05, 0) is 13.3 Å². The fourth-order valence-electron chi connectivity index (χ4n) is 1.84. The van der Waals surface area contributed by atoms with Crippen molar-refractivity contribution in [1.82, 2.24) is 9.62 Å². The van der Waals surface area contributed by atoms with E-state index < -0.39 is 10.0 Å². The van der Waals surface area contributed by atoms with Crippen molar-refractivity contribution in [3.8, 4) is 0 Å². The number of unbranched alkanes of at least 4 members (excludes halogenated alkanes) is 1. The molecule has 0 saturated carbocycles. The topological polar surface area (TPSA) is 62.6 Å². The SMILES string of the molecule is CCCCN(C)S(=O)(=O)c1cc(CNC(C)C)oc1C. The van der Waals surface area contributed by atoms with Crippen LogP contribution in [0.2, 0.25) is 0 Å². The van der Waals surface area contributed by atoms with Gasteiger partial charge in [0.25, 0.3) is 0 Å². The summed E-state index contributed by atoms with van der Waals surface area (Å²) in [6.07, 6.45) is 1.82. The summed E-state index contributed by atoms with van der Waals surface area (Å²) >= 11 is 0. The Morgan fingerprint density at radius 2 is 2.05 bits per heavy atom. The maximum Gasteiger partial charge on any atom is 0.246 e. The highest BCUT2D eigenvalue weighted by Crippen LogP contribution is 2.23. The number of aryl methyl sites for hydroxylation is 1. The molecule has 0 amide bonds. The van der Waals surface area contributed by atoms with Gasteiger partial charge in [0, 0.05) is 25.7 Å². The molecule has 0 fully saturated rings. The lowest BCUT2D eigenvalue weighted by atomic mass is 10.3. The van der Waals surface area contributed by atoms with Crippen molar-refractivity contribution in [1.29, 1.82) is 0 Å². The third-order valence-electron chi connectivity index (χ3n) is 3.12. The largest absolute Gasteiger partial charge is 0.464 e. The minimum absolute atomic E-state index is 0.275. The molecule has 1 heterocycles. The molecule has 0 aliphatic heterocycles. The Bertz CT molecular complexity index is 521. The summed E-state index contributed by atoms with van der Waals surface area (Å²) < 4.78 is 31.8. The average Bonchev–Trinajstić information content (AvgIpc) is 2.75. The van der Waals surface area contributed by atoms with Crippen LogP contribution >= 0.6 is 0 Å². The predicted molar refractivity (Wildman–Crippen MR) is 80.1 cm³/mol. The third-order valence-corrected chi connectivity index (χ3v) is 5.09. The number of nitrogens with one attached hydrogen (secondary N) is 1. The Labute approximate surface area is 122 Å². The maximum absolute atomic E-state index is 12.5. The van der Waals surface area contributed by atoms with Crippen molar-refractivity contribution in [3.63, 3.8) is 0 Å². The van der Waals surface area contributed by atoms with Gasteiger partial charge in [0.2, 0.25) is 10.0 Å². The molecule has 116 valence electrons. The van der Waals surface area contributed by atoms with Crippen molar-refractivity contribution in [2.45, 2.75) is 58.0 Å². The van der Waals surface area contributed by atoms with Gasteiger partial charge in [-0.15, -0.1) is 0 Å². The lowest BCUT2D eigenvalue weighted by Gasteiger charge is -2.15. The molecule has 5 nitrogen and oxygen atoms in total. The van der Waals surface area contributed by atoms with E-state index in [-0.39, 0.29) is 4.90 Å².